The summed E-state index contributed by atoms with van der Waals surface area (Å²) in [6.07, 6.45) is 3.42. The number of nitrogens with zero attached hydrogens (tertiary/aromatic N) is 4. The minimum Gasteiger partial charge on any atom is -0.378 e. The molecule has 118 valence electrons. The van der Waals surface area contributed by atoms with E-state index in [9.17, 15) is 0 Å². The number of morpholine rings is 1. The van der Waals surface area contributed by atoms with E-state index in [1.54, 1.807) is 11.8 Å². The van der Waals surface area contributed by atoms with Gasteiger partial charge in [-0.05, 0) is 12.8 Å². The fourth-order valence-electron chi connectivity index (χ4n) is 1.94. The molecular formula is C14H25N5OS. The van der Waals surface area contributed by atoms with Crippen LogP contribution in [-0.4, -0.2) is 53.6 Å². The van der Waals surface area contributed by atoms with Crippen molar-refractivity contribution in [3.05, 3.63) is 0 Å². The summed E-state index contributed by atoms with van der Waals surface area (Å²) in [5.41, 5.74) is 0. The summed E-state index contributed by atoms with van der Waals surface area (Å²) in [6.45, 7) is 8.37. The van der Waals surface area contributed by atoms with Gasteiger partial charge in [-0.25, -0.2) is 0 Å². The molecule has 1 aromatic rings. The highest BCUT2D eigenvalue weighted by Gasteiger charge is 2.16. The fraction of sp³-hybridized carbons (Fsp3) is 0.786. The maximum atomic E-state index is 5.39. The van der Waals surface area contributed by atoms with Gasteiger partial charge in [-0.15, -0.1) is 0 Å². The molecule has 0 atom stereocenters. The Morgan fingerprint density at radius 2 is 1.95 bits per heavy atom. The average Bonchev–Trinajstić information content (AvgIpc) is 2.54. The molecule has 1 N–H and O–H groups in total. The predicted molar refractivity (Wildman–Crippen MR) is 87.3 cm³/mol. The first-order valence-corrected chi connectivity index (χ1v) is 8.77. The smallest absolute Gasteiger partial charge is 0.231 e. The molecule has 0 aliphatic carbocycles. The SMILES string of the molecule is CCCCSc1nc(NCCC)nc(N2CCOCC2)n1. The van der Waals surface area contributed by atoms with Gasteiger partial charge in [0.25, 0.3) is 0 Å². The van der Waals surface area contributed by atoms with Crippen LogP contribution >= 0.6 is 11.8 Å². The van der Waals surface area contributed by atoms with Crippen LogP contribution in [0.4, 0.5) is 11.9 Å². The van der Waals surface area contributed by atoms with Crippen LogP contribution in [0.5, 0.6) is 0 Å². The zero-order chi connectivity index (χ0) is 14.9. The van der Waals surface area contributed by atoms with E-state index in [0.29, 0.717) is 5.95 Å². The molecule has 7 heteroatoms. The Morgan fingerprint density at radius 3 is 2.67 bits per heavy atom. The minimum atomic E-state index is 0.687. The lowest BCUT2D eigenvalue weighted by Crippen LogP contribution is -2.37. The summed E-state index contributed by atoms with van der Waals surface area (Å²) in [6, 6.07) is 0. The molecule has 1 fully saturated rings. The maximum absolute atomic E-state index is 5.39. The highest BCUT2D eigenvalue weighted by atomic mass is 32.2. The Bertz CT molecular complexity index is 426. The lowest BCUT2D eigenvalue weighted by molar-refractivity contribution is 0.122. The third-order valence-corrected chi connectivity index (χ3v) is 4.09. The molecule has 0 saturated carbocycles. The molecular weight excluding hydrogens is 286 g/mol. The van der Waals surface area contributed by atoms with Crippen LogP contribution in [0.15, 0.2) is 5.16 Å². The fourth-order valence-corrected chi connectivity index (χ4v) is 2.85. The van der Waals surface area contributed by atoms with Crippen LogP contribution in [0.2, 0.25) is 0 Å². The molecule has 6 nitrogen and oxygen atoms in total. The molecule has 0 aromatic carbocycles. The van der Waals surface area contributed by atoms with Gasteiger partial charge in [0.2, 0.25) is 11.9 Å². The zero-order valence-corrected chi connectivity index (χ0v) is 13.8. The Kier molecular flexibility index (Phi) is 7.02. The summed E-state index contributed by atoms with van der Waals surface area (Å²) in [7, 11) is 0. The van der Waals surface area contributed by atoms with Gasteiger partial charge in [-0.2, -0.15) is 15.0 Å². The molecule has 0 bridgehead atoms. The van der Waals surface area contributed by atoms with Gasteiger partial charge in [-0.1, -0.05) is 32.0 Å². The number of unbranched alkanes of at least 4 members (excludes halogenated alkanes) is 1. The van der Waals surface area contributed by atoms with E-state index in [1.807, 2.05) is 0 Å². The Hall–Kier alpha value is -1.08. The van der Waals surface area contributed by atoms with Crippen molar-refractivity contribution in [3.8, 4) is 0 Å². The van der Waals surface area contributed by atoms with Crippen molar-refractivity contribution in [2.75, 3.05) is 48.8 Å². The van der Waals surface area contributed by atoms with Gasteiger partial charge >= 0.3 is 0 Å². The summed E-state index contributed by atoms with van der Waals surface area (Å²) in [4.78, 5) is 15.8. The van der Waals surface area contributed by atoms with E-state index in [1.165, 1.54) is 12.8 Å². The molecule has 0 amide bonds. The summed E-state index contributed by atoms with van der Waals surface area (Å²) < 4.78 is 5.39. The second kappa shape index (κ2) is 9.04. The number of hydrogen-bond donors (Lipinski definition) is 1. The van der Waals surface area contributed by atoms with Gasteiger partial charge in [0.15, 0.2) is 5.16 Å². The normalized spacial score (nSPS) is 15.2. The van der Waals surface area contributed by atoms with Gasteiger partial charge < -0.3 is 15.0 Å². The molecule has 2 rings (SSSR count). The summed E-state index contributed by atoms with van der Waals surface area (Å²) in [5.74, 6) is 2.51. The number of ether oxygens (including phenoxy) is 1. The quantitative estimate of drug-likeness (QED) is 0.584. The maximum Gasteiger partial charge on any atom is 0.231 e. The monoisotopic (exact) mass is 311 g/mol. The molecule has 0 unspecified atom stereocenters. The van der Waals surface area contributed by atoms with Crippen molar-refractivity contribution < 1.29 is 4.74 Å². The van der Waals surface area contributed by atoms with Crippen LogP contribution in [0, 0.1) is 0 Å². The summed E-state index contributed by atoms with van der Waals surface area (Å²) in [5, 5.41) is 4.09. The van der Waals surface area contributed by atoms with E-state index >= 15 is 0 Å². The molecule has 0 radical (unpaired) electrons. The largest absolute Gasteiger partial charge is 0.378 e. The van der Waals surface area contributed by atoms with E-state index in [-0.39, 0.29) is 0 Å². The van der Waals surface area contributed by atoms with Crippen LogP contribution in [0.1, 0.15) is 33.1 Å². The molecule has 2 heterocycles. The van der Waals surface area contributed by atoms with Gasteiger partial charge in [-0.3, -0.25) is 0 Å². The molecule has 0 spiro atoms. The standard InChI is InChI=1S/C14H25N5OS/c1-3-5-11-21-14-17-12(15-6-4-2)16-13(18-14)19-7-9-20-10-8-19/h3-11H2,1-2H3,(H,15,16,17,18). The first-order valence-electron chi connectivity index (χ1n) is 7.79. The van der Waals surface area contributed by atoms with Crippen molar-refractivity contribution in [3.63, 3.8) is 0 Å². The number of aromatic nitrogens is 3. The van der Waals surface area contributed by atoms with E-state index in [0.717, 1.165) is 56.1 Å². The lowest BCUT2D eigenvalue weighted by Gasteiger charge is -2.27. The first-order chi connectivity index (χ1) is 10.3. The molecule has 1 aromatic heterocycles. The third kappa shape index (κ3) is 5.32. The highest BCUT2D eigenvalue weighted by molar-refractivity contribution is 7.99. The van der Waals surface area contributed by atoms with E-state index < -0.39 is 0 Å². The molecule has 1 aliphatic heterocycles. The number of nitrogens with one attached hydrogen (secondary N) is 1. The van der Waals surface area contributed by atoms with Crippen LogP contribution in [0.3, 0.4) is 0 Å². The number of thioether (sulfide) groups is 1. The number of anilines is 2. The van der Waals surface area contributed by atoms with Crippen molar-refractivity contribution in [2.24, 2.45) is 0 Å². The van der Waals surface area contributed by atoms with Gasteiger partial charge in [0, 0.05) is 25.4 Å². The van der Waals surface area contributed by atoms with Crippen LogP contribution < -0.4 is 10.2 Å². The predicted octanol–water partition coefficient (Wildman–Crippen LogP) is 2.42. The Labute approximate surface area is 131 Å². The second-order valence-electron chi connectivity index (χ2n) is 4.97. The average molecular weight is 311 g/mol. The molecule has 21 heavy (non-hydrogen) atoms. The third-order valence-electron chi connectivity index (χ3n) is 3.16. The number of hydrogen-bond acceptors (Lipinski definition) is 7. The van der Waals surface area contributed by atoms with Crippen molar-refractivity contribution in [1.82, 2.24) is 15.0 Å². The van der Waals surface area contributed by atoms with Crippen LogP contribution in [-0.2, 0) is 4.74 Å². The molecule has 1 aliphatic rings. The Balaban J connectivity index is 2.10. The van der Waals surface area contributed by atoms with Crippen molar-refractivity contribution in [1.29, 1.82) is 0 Å². The lowest BCUT2D eigenvalue weighted by atomic mass is 10.4. The zero-order valence-electron chi connectivity index (χ0n) is 13.0. The Morgan fingerprint density at radius 1 is 1.14 bits per heavy atom. The topological polar surface area (TPSA) is 63.2 Å². The first kappa shape index (κ1) is 16.3. The second-order valence-corrected chi connectivity index (χ2v) is 6.03. The summed E-state index contributed by atoms with van der Waals surface area (Å²) >= 11 is 1.71. The van der Waals surface area contributed by atoms with E-state index in [4.69, 9.17) is 4.74 Å². The molecule has 1 saturated heterocycles. The van der Waals surface area contributed by atoms with Gasteiger partial charge in [0.05, 0.1) is 13.2 Å². The van der Waals surface area contributed by atoms with Crippen molar-refractivity contribution in [2.45, 2.75) is 38.3 Å². The minimum absolute atomic E-state index is 0.687. The highest BCUT2D eigenvalue weighted by Crippen LogP contribution is 2.20. The van der Waals surface area contributed by atoms with Crippen LogP contribution in [0.25, 0.3) is 0 Å². The number of rotatable bonds is 8. The van der Waals surface area contributed by atoms with E-state index in [2.05, 4.69) is 39.0 Å². The van der Waals surface area contributed by atoms with Gasteiger partial charge in [0.1, 0.15) is 0 Å². The van der Waals surface area contributed by atoms with Crippen molar-refractivity contribution >= 4 is 23.7 Å².